The second kappa shape index (κ2) is 5.39. The summed E-state index contributed by atoms with van der Waals surface area (Å²) in [6.07, 6.45) is 0. The Morgan fingerprint density at radius 1 is 1.28 bits per heavy atom. The fourth-order valence-corrected chi connectivity index (χ4v) is 2.31. The Kier molecular flexibility index (Phi) is 4.05. The van der Waals surface area contributed by atoms with Crippen molar-refractivity contribution in [2.75, 3.05) is 32.8 Å². The Balaban J connectivity index is 1.86. The number of nitrogens with one attached hydrogen (secondary N) is 1. The van der Waals surface area contributed by atoms with Gasteiger partial charge in [0.1, 0.15) is 0 Å². The van der Waals surface area contributed by atoms with Crippen molar-refractivity contribution in [2.45, 2.75) is 19.3 Å². The average molecular weight is 248 g/mol. The van der Waals surface area contributed by atoms with Crippen LogP contribution < -0.4 is 11.1 Å². The van der Waals surface area contributed by atoms with Gasteiger partial charge in [-0.05, 0) is 5.56 Å². The summed E-state index contributed by atoms with van der Waals surface area (Å²) in [5, 5.41) is 3.56. The van der Waals surface area contributed by atoms with Crippen LogP contribution in [0.2, 0.25) is 0 Å². The van der Waals surface area contributed by atoms with E-state index in [0.29, 0.717) is 6.54 Å². The zero-order valence-corrected chi connectivity index (χ0v) is 11.4. The van der Waals surface area contributed by atoms with E-state index < -0.39 is 0 Å². The number of hydrogen-bond acceptors (Lipinski definition) is 3. The van der Waals surface area contributed by atoms with E-state index in [0.717, 1.165) is 26.3 Å². The molecule has 1 aromatic rings. The summed E-state index contributed by atoms with van der Waals surface area (Å²) in [5.41, 5.74) is 7.49. The van der Waals surface area contributed by atoms with E-state index in [1.165, 1.54) is 5.56 Å². The molecule has 0 aliphatic carbocycles. The normalized spacial score (nSPS) is 18.4. The highest BCUT2D eigenvalue weighted by atomic mass is 16.5. The lowest BCUT2D eigenvalue weighted by Gasteiger charge is -2.41. The van der Waals surface area contributed by atoms with Crippen LogP contribution in [0.5, 0.6) is 0 Å². The maximum absolute atomic E-state index is 5.81. The molecule has 1 fully saturated rings. The van der Waals surface area contributed by atoms with Gasteiger partial charge >= 0.3 is 0 Å². The highest BCUT2D eigenvalue weighted by Crippen LogP contribution is 2.26. The summed E-state index contributed by atoms with van der Waals surface area (Å²) in [5.74, 6) is 0. The molecule has 3 heteroatoms. The third kappa shape index (κ3) is 2.91. The van der Waals surface area contributed by atoms with E-state index in [1.807, 2.05) is 0 Å². The van der Waals surface area contributed by atoms with Gasteiger partial charge in [-0.3, -0.25) is 0 Å². The molecule has 0 unspecified atom stereocenters. The molecule has 100 valence electrons. The third-order valence-electron chi connectivity index (χ3n) is 3.87. The first kappa shape index (κ1) is 13.5. The largest absolute Gasteiger partial charge is 0.380 e. The Morgan fingerprint density at radius 3 is 2.44 bits per heavy atom. The van der Waals surface area contributed by atoms with E-state index in [4.69, 9.17) is 10.5 Å². The molecule has 1 aromatic carbocycles. The van der Waals surface area contributed by atoms with Gasteiger partial charge in [-0.1, -0.05) is 44.2 Å². The molecule has 1 aliphatic rings. The zero-order valence-electron chi connectivity index (χ0n) is 11.4. The SMILES string of the molecule is CC(C)(CNCC1(CN)COC1)c1ccccc1. The number of ether oxygens (including phenoxy) is 1. The molecular weight excluding hydrogens is 224 g/mol. The fourth-order valence-electron chi connectivity index (χ4n) is 2.31. The maximum Gasteiger partial charge on any atom is 0.0569 e. The van der Waals surface area contributed by atoms with Crippen LogP contribution in [0.4, 0.5) is 0 Å². The lowest BCUT2D eigenvalue weighted by atomic mass is 9.83. The van der Waals surface area contributed by atoms with Crippen molar-refractivity contribution in [3.8, 4) is 0 Å². The van der Waals surface area contributed by atoms with Crippen LogP contribution in [-0.4, -0.2) is 32.8 Å². The Labute approximate surface area is 110 Å². The van der Waals surface area contributed by atoms with Gasteiger partial charge in [0.05, 0.1) is 13.2 Å². The summed E-state index contributed by atoms with van der Waals surface area (Å²) in [6, 6.07) is 10.6. The van der Waals surface area contributed by atoms with Crippen LogP contribution in [0.1, 0.15) is 19.4 Å². The van der Waals surface area contributed by atoms with Crippen LogP contribution in [0.3, 0.4) is 0 Å². The van der Waals surface area contributed by atoms with Crippen LogP contribution in [0.15, 0.2) is 30.3 Å². The summed E-state index contributed by atoms with van der Waals surface area (Å²) in [4.78, 5) is 0. The Hall–Kier alpha value is -0.900. The van der Waals surface area contributed by atoms with Crippen LogP contribution >= 0.6 is 0 Å². The lowest BCUT2D eigenvalue weighted by Crippen LogP contribution is -2.55. The van der Waals surface area contributed by atoms with Crippen molar-refractivity contribution in [1.82, 2.24) is 5.32 Å². The monoisotopic (exact) mass is 248 g/mol. The molecule has 3 N–H and O–H groups in total. The number of hydrogen-bond donors (Lipinski definition) is 2. The number of rotatable bonds is 6. The second-order valence-corrected chi connectivity index (χ2v) is 6.05. The zero-order chi connectivity index (χ0) is 13.1. The molecule has 0 aromatic heterocycles. The first-order chi connectivity index (χ1) is 8.58. The van der Waals surface area contributed by atoms with E-state index in [9.17, 15) is 0 Å². The highest BCUT2D eigenvalue weighted by molar-refractivity contribution is 5.23. The predicted molar refractivity (Wildman–Crippen MR) is 74.6 cm³/mol. The van der Waals surface area contributed by atoms with Crippen LogP contribution in [0.25, 0.3) is 0 Å². The van der Waals surface area contributed by atoms with Crippen molar-refractivity contribution in [3.63, 3.8) is 0 Å². The molecule has 1 aliphatic heterocycles. The summed E-state index contributed by atoms with van der Waals surface area (Å²) >= 11 is 0. The smallest absolute Gasteiger partial charge is 0.0569 e. The average Bonchev–Trinajstić information content (AvgIpc) is 2.34. The fraction of sp³-hybridized carbons (Fsp3) is 0.600. The van der Waals surface area contributed by atoms with Gasteiger partial charge in [-0.15, -0.1) is 0 Å². The van der Waals surface area contributed by atoms with Gasteiger partial charge in [0.2, 0.25) is 0 Å². The second-order valence-electron chi connectivity index (χ2n) is 6.05. The Morgan fingerprint density at radius 2 is 1.94 bits per heavy atom. The predicted octanol–water partition coefficient (Wildman–Crippen LogP) is 1.53. The van der Waals surface area contributed by atoms with Crippen LogP contribution in [-0.2, 0) is 10.2 Å². The van der Waals surface area contributed by atoms with Crippen molar-refractivity contribution < 1.29 is 4.74 Å². The number of nitrogens with two attached hydrogens (primary N) is 1. The van der Waals surface area contributed by atoms with Gasteiger partial charge in [0.15, 0.2) is 0 Å². The van der Waals surface area contributed by atoms with E-state index in [-0.39, 0.29) is 10.8 Å². The molecular formula is C15H24N2O. The number of benzene rings is 1. The molecule has 0 amide bonds. The van der Waals surface area contributed by atoms with Gasteiger partial charge in [-0.25, -0.2) is 0 Å². The molecule has 1 saturated heterocycles. The quantitative estimate of drug-likeness (QED) is 0.802. The van der Waals surface area contributed by atoms with Gasteiger partial charge < -0.3 is 15.8 Å². The first-order valence-electron chi connectivity index (χ1n) is 6.62. The minimum atomic E-state index is 0.141. The first-order valence-corrected chi connectivity index (χ1v) is 6.62. The standard InChI is InChI=1S/C15H24N2O/c1-14(2,13-6-4-3-5-7-13)9-17-10-15(8-16)11-18-12-15/h3-7,17H,8-12,16H2,1-2H3. The van der Waals surface area contributed by atoms with E-state index >= 15 is 0 Å². The summed E-state index contributed by atoms with van der Waals surface area (Å²) in [7, 11) is 0. The molecule has 1 heterocycles. The van der Waals surface area contributed by atoms with E-state index in [1.54, 1.807) is 0 Å². The molecule has 0 saturated carbocycles. The van der Waals surface area contributed by atoms with Gasteiger partial charge in [0, 0.05) is 30.5 Å². The van der Waals surface area contributed by atoms with E-state index in [2.05, 4.69) is 49.5 Å². The molecule has 0 spiro atoms. The topological polar surface area (TPSA) is 47.3 Å². The molecule has 18 heavy (non-hydrogen) atoms. The summed E-state index contributed by atoms with van der Waals surface area (Å²) in [6.45, 7) is 8.72. The molecule has 0 bridgehead atoms. The van der Waals surface area contributed by atoms with Crippen molar-refractivity contribution in [1.29, 1.82) is 0 Å². The van der Waals surface area contributed by atoms with Gasteiger partial charge in [-0.2, -0.15) is 0 Å². The molecule has 0 radical (unpaired) electrons. The lowest BCUT2D eigenvalue weighted by molar-refractivity contribution is -0.105. The van der Waals surface area contributed by atoms with Crippen molar-refractivity contribution >= 4 is 0 Å². The van der Waals surface area contributed by atoms with Crippen molar-refractivity contribution in [2.24, 2.45) is 11.1 Å². The molecule has 2 rings (SSSR count). The highest BCUT2D eigenvalue weighted by Gasteiger charge is 2.37. The molecule has 3 nitrogen and oxygen atoms in total. The summed E-state index contributed by atoms with van der Waals surface area (Å²) < 4.78 is 5.28. The third-order valence-corrected chi connectivity index (χ3v) is 3.87. The van der Waals surface area contributed by atoms with Crippen molar-refractivity contribution in [3.05, 3.63) is 35.9 Å². The minimum Gasteiger partial charge on any atom is -0.380 e. The Bertz CT molecular complexity index is 366. The van der Waals surface area contributed by atoms with Crippen LogP contribution in [0, 0.1) is 5.41 Å². The maximum atomic E-state index is 5.81. The van der Waals surface area contributed by atoms with Gasteiger partial charge in [0.25, 0.3) is 0 Å². The minimum absolute atomic E-state index is 0.141. The molecule has 0 atom stereocenters.